The molecule has 1 aromatic rings. The van der Waals surface area contributed by atoms with Crippen LogP contribution in [0.2, 0.25) is 0 Å². The molecule has 4 heteroatoms. The molecule has 2 saturated carbocycles. The number of carbonyl (C=O) groups is 1. The van der Waals surface area contributed by atoms with Gasteiger partial charge >= 0.3 is 0 Å². The molecule has 4 rings (SSSR count). The first-order valence-corrected chi connectivity index (χ1v) is 8.93. The van der Waals surface area contributed by atoms with E-state index in [1.165, 1.54) is 19.3 Å². The zero-order chi connectivity index (χ0) is 15.8. The quantitative estimate of drug-likeness (QED) is 0.860. The standard InChI is InChI=1S/C19H26N2O2/c1-23-18-5-3-2-4-17(18)20-8-10-21(11-9-20)19(22)16-13-14-6-7-15(16)12-14/h2-5,14-16H,6-13H2,1H3. The first kappa shape index (κ1) is 14.9. The number of amides is 1. The van der Waals surface area contributed by atoms with Crippen molar-refractivity contribution in [3.05, 3.63) is 24.3 Å². The van der Waals surface area contributed by atoms with E-state index >= 15 is 0 Å². The zero-order valence-electron chi connectivity index (χ0n) is 13.9. The SMILES string of the molecule is COc1ccccc1N1CCN(C(=O)C2CC3CCC2C3)CC1. The summed E-state index contributed by atoms with van der Waals surface area (Å²) in [6, 6.07) is 8.15. The predicted molar refractivity (Wildman–Crippen MR) is 90.7 cm³/mol. The second kappa shape index (κ2) is 6.06. The summed E-state index contributed by atoms with van der Waals surface area (Å²) in [4.78, 5) is 17.3. The van der Waals surface area contributed by atoms with E-state index in [-0.39, 0.29) is 0 Å². The monoisotopic (exact) mass is 314 g/mol. The summed E-state index contributed by atoms with van der Waals surface area (Å²) in [6.45, 7) is 3.47. The Morgan fingerprint density at radius 1 is 1.09 bits per heavy atom. The van der Waals surface area contributed by atoms with Crippen molar-refractivity contribution in [2.75, 3.05) is 38.2 Å². The smallest absolute Gasteiger partial charge is 0.226 e. The van der Waals surface area contributed by atoms with Crippen molar-refractivity contribution < 1.29 is 9.53 Å². The summed E-state index contributed by atoms with van der Waals surface area (Å²) in [5.41, 5.74) is 1.14. The number of rotatable bonds is 3. The highest BCUT2D eigenvalue weighted by Gasteiger charge is 2.44. The Morgan fingerprint density at radius 3 is 2.52 bits per heavy atom. The van der Waals surface area contributed by atoms with Crippen LogP contribution >= 0.6 is 0 Å². The van der Waals surface area contributed by atoms with Crippen molar-refractivity contribution >= 4 is 11.6 Å². The second-order valence-electron chi connectivity index (χ2n) is 7.27. The van der Waals surface area contributed by atoms with E-state index in [4.69, 9.17) is 4.74 Å². The van der Waals surface area contributed by atoms with Gasteiger partial charge in [-0.1, -0.05) is 18.6 Å². The first-order valence-electron chi connectivity index (χ1n) is 8.93. The van der Waals surface area contributed by atoms with Gasteiger partial charge in [0.1, 0.15) is 5.75 Å². The number of methoxy groups -OCH3 is 1. The minimum Gasteiger partial charge on any atom is -0.495 e. The third-order valence-corrected chi connectivity index (χ3v) is 6.07. The number of hydrogen-bond acceptors (Lipinski definition) is 3. The van der Waals surface area contributed by atoms with E-state index in [2.05, 4.69) is 15.9 Å². The number of nitrogens with zero attached hydrogens (tertiary/aromatic N) is 2. The fraction of sp³-hybridized carbons (Fsp3) is 0.632. The molecule has 3 unspecified atom stereocenters. The molecule has 1 aliphatic heterocycles. The number of ether oxygens (including phenoxy) is 1. The summed E-state index contributed by atoms with van der Waals surface area (Å²) in [7, 11) is 1.72. The number of fused-ring (bicyclic) bond motifs is 2. The molecule has 4 nitrogen and oxygen atoms in total. The summed E-state index contributed by atoms with van der Waals surface area (Å²) < 4.78 is 5.47. The highest BCUT2D eigenvalue weighted by Crippen LogP contribution is 2.49. The van der Waals surface area contributed by atoms with Gasteiger partial charge in [0.25, 0.3) is 0 Å². The Labute approximate surface area is 138 Å². The molecule has 3 atom stereocenters. The molecule has 1 saturated heterocycles. The van der Waals surface area contributed by atoms with Gasteiger partial charge in [0.2, 0.25) is 5.91 Å². The maximum absolute atomic E-state index is 12.8. The third-order valence-electron chi connectivity index (χ3n) is 6.07. The molecule has 0 N–H and O–H groups in total. The molecule has 1 amide bonds. The van der Waals surface area contributed by atoms with Crippen LogP contribution < -0.4 is 9.64 Å². The van der Waals surface area contributed by atoms with Crippen LogP contribution in [0.25, 0.3) is 0 Å². The van der Waals surface area contributed by atoms with Crippen LogP contribution in [0, 0.1) is 17.8 Å². The number of carbonyl (C=O) groups excluding carboxylic acids is 1. The molecule has 0 spiro atoms. The van der Waals surface area contributed by atoms with Gasteiger partial charge in [-0.3, -0.25) is 4.79 Å². The molecule has 1 aromatic carbocycles. The van der Waals surface area contributed by atoms with Crippen molar-refractivity contribution in [3.8, 4) is 5.75 Å². The number of anilines is 1. The maximum Gasteiger partial charge on any atom is 0.226 e. The Kier molecular flexibility index (Phi) is 3.92. The van der Waals surface area contributed by atoms with Crippen LogP contribution in [0.15, 0.2) is 24.3 Å². The van der Waals surface area contributed by atoms with Crippen molar-refractivity contribution in [2.24, 2.45) is 17.8 Å². The van der Waals surface area contributed by atoms with Crippen LogP contribution in [0.1, 0.15) is 25.7 Å². The first-order chi connectivity index (χ1) is 11.3. The lowest BCUT2D eigenvalue weighted by molar-refractivity contribution is -0.137. The zero-order valence-corrected chi connectivity index (χ0v) is 13.9. The van der Waals surface area contributed by atoms with Gasteiger partial charge in [-0.15, -0.1) is 0 Å². The van der Waals surface area contributed by atoms with Crippen molar-refractivity contribution in [3.63, 3.8) is 0 Å². The van der Waals surface area contributed by atoms with Crippen LogP contribution in [0.3, 0.4) is 0 Å². The van der Waals surface area contributed by atoms with Gasteiger partial charge in [-0.25, -0.2) is 0 Å². The Morgan fingerprint density at radius 2 is 1.87 bits per heavy atom. The predicted octanol–water partition coefficient (Wildman–Crippen LogP) is 2.78. The fourth-order valence-corrected chi connectivity index (χ4v) is 4.84. The molecular weight excluding hydrogens is 288 g/mol. The summed E-state index contributed by atoms with van der Waals surface area (Å²) >= 11 is 0. The molecule has 1 heterocycles. The molecule has 23 heavy (non-hydrogen) atoms. The molecule has 3 aliphatic rings. The van der Waals surface area contributed by atoms with Gasteiger partial charge in [0.15, 0.2) is 0 Å². The fourth-order valence-electron chi connectivity index (χ4n) is 4.84. The lowest BCUT2D eigenvalue weighted by Crippen LogP contribution is -2.51. The highest BCUT2D eigenvalue weighted by atomic mass is 16.5. The molecule has 3 fully saturated rings. The van der Waals surface area contributed by atoms with Crippen LogP contribution in [0.4, 0.5) is 5.69 Å². The van der Waals surface area contributed by atoms with E-state index in [0.29, 0.717) is 17.7 Å². The lowest BCUT2D eigenvalue weighted by atomic mass is 9.87. The average molecular weight is 314 g/mol. The van der Waals surface area contributed by atoms with E-state index in [0.717, 1.165) is 50.0 Å². The van der Waals surface area contributed by atoms with Crippen LogP contribution in [-0.4, -0.2) is 44.1 Å². The number of piperazine rings is 1. The molecular formula is C19H26N2O2. The minimum absolute atomic E-state index is 0.326. The summed E-state index contributed by atoms with van der Waals surface area (Å²) in [6.07, 6.45) is 5.09. The summed E-state index contributed by atoms with van der Waals surface area (Å²) in [5.74, 6) is 3.19. The molecule has 0 aromatic heterocycles. The molecule has 2 bridgehead atoms. The van der Waals surface area contributed by atoms with E-state index in [9.17, 15) is 4.79 Å². The number of para-hydroxylation sites is 2. The Bertz CT molecular complexity index is 580. The number of hydrogen-bond donors (Lipinski definition) is 0. The van der Waals surface area contributed by atoms with E-state index < -0.39 is 0 Å². The normalized spacial score (nSPS) is 29.9. The van der Waals surface area contributed by atoms with Gasteiger partial charge in [-0.05, 0) is 43.2 Å². The maximum atomic E-state index is 12.8. The Hall–Kier alpha value is -1.71. The molecule has 2 aliphatic carbocycles. The number of benzene rings is 1. The van der Waals surface area contributed by atoms with E-state index in [1.54, 1.807) is 7.11 Å². The van der Waals surface area contributed by atoms with Crippen LogP contribution in [-0.2, 0) is 4.79 Å². The van der Waals surface area contributed by atoms with Gasteiger partial charge in [0.05, 0.1) is 12.8 Å². The highest BCUT2D eigenvalue weighted by molar-refractivity contribution is 5.80. The van der Waals surface area contributed by atoms with Crippen molar-refractivity contribution in [1.82, 2.24) is 4.90 Å². The largest absolute Gasteiger partial charge is 0.495 e. The topological polar surface area (TPSA) is 32.8 Å². The summed E-state index contributed by atoms with van der Waals surface area (Å²) in [5, 5.41) is 0. The van der Waals surface area contributed by atoms with Crippen molar-refractivity contribution in [1.29, 1.82) is 0 Å². The van der Waals surface area contributed by atoms with Crippen LogP contribution in [0.5, 0.6) is 5.75 Å². The van der Waals surface area contributed by atoms with Gasteiger partial charge < -0.3 is 14.5 Å². The minimum atomic E-state index is 0.326. The molecule has 0 radical (unpaired) electrons. The molecule has 124 valence electrons. The lowest BCUT2D eigenvalue weighted by Gasteiger charge is -2.38. The van der Waals surface area contributed by atoms with E-state index in [1.807, 2.05) is 18.2 Å². The average Bonchev–Trinajstić information content (AvgIpc) is 3.24. The Balaban J connectivity index is 1.38. The van der Waals surface area contributed by atoms with Gasteiger partial charge in [0, 0.05) is 32.1 Å². The third kappa shape index (κ3) is 2.68. The van der Waals surface area contributed by atoms with Crippen molar-refractivity contribution in [2.45, 2.75) is 25.7 Å². The van der Waals surface area contributed by atoms with Gasteiger partial charge in [-0.2, -0.15) is 0 Å². The second-order valence-corrected chi connectivity index (χ2v) is 7.27.